The number of benzene rings is 2. The number of alkyl carbamates (subject to hydrolysis) is 1. The van der Waals surface area contributed by atoms with Crippen molar-refractivity contribution >= 4 is 24.6 Å². The van der Waals surface area contributed by atoms with E-state index in [0.29, 0.717) is 32.6 Å². The molecule has 3 N–H and O–H groups in total. The molecule has 0 atom stereocenters. The minimum Gasteiger partial charge on any atom is -0.445 e. The number of nitrogens with two attached hydrogens (primary N) is 1. The molecule has 2 aromatic carbocycles. The van der Waals surface area contributed by atoms with Gasteiger partial charge in [-0.05, 0) is 36.9 Å². The Morgan fingerprint density at radius 2 is 1.35 bits per heavy atom. The predicted molar refractivity (Wildman–Crippen MR) is 123 cm³/mol. The zero-order valence-corrected chi connectivity index (χ0v) is 18.5. The van der Waals surface area contributed by atoms with Crippen LogP contribution in [0.1, 0.15) is 30.4 Å². The lowest BCUT2D eigenvalue weighted by molar-refractivity contribution is 0.0949. The maximum absolute atomic E-state index is 12.5. The Morgan fingerprint density at radius 3 is 1.94 bits per heavy atom. The Kier molecular flexibility index (Phi) is 13.5. The molecule has 0 bridgehead atoms. The Hall–Kier alpha value is -2.77. The van der Waals surface area contributed by atoms with Crippen LogP contribution in [-0.4, -0.2) is 43.3 Å². The third-order valence-electron chi connectivity index (χ3n) is 4.43. The number of nitrogens with one attached hydrogen (secondary N) is 1. The average molecular weight is 450 g/mol. The molecule has 2 rings (SSSR count). The SMILES string of the molecule is Cl.NCCCCN(CCCNC(=O)OCc1ccccc1)C(=O)OCc1ccccc1. The second-order valence-electron chi connectivity index (χ2n) is 6.87. The number of hydrogen-bond acceptors (Lipinski definition) is 5. The molecule has 8 heteroatoms. The topological polar surface area (TPSA) is 93.9 Å². The first-order chi connectivity index (χ1) is 14.7. The van der Waals surface area contributed by atoms with Crippen LogP contribution < -0.4 is 11.1 Å². The van der Waals surface area contributed by atoms with Crippen molar-refractivity contribution in [2.24, 2.45) is 5.73 Å². The number of ether oxygens (including phenoxy) is 2. The summed E-state index contributed by atoms with van der Waals surface area (Å²) in [5, 5.41) is 2.71. The summed E-state index contributed by atoms with van der Waals surface area (Å²) in [5.74, 6) is 0. The van der Waals surface area contributed by atoms with E-state index in [2.05, 4.69) is 5.32 Å². The summed E-state index contributed by atoms with van der Waals surface area (Å²) in [6, 6.07) is 19.1. The molecule has 0 spiro atoms. The smallest absolute Gasteiger partial charge is 0.410 e. The summed E-state index contributed by atoms with van der Waals surface area (Å²) in [5.41, 5.74) is 7.43. The second-order valence-corrected chi connectivity index (χ2v) is 6.87. The molecular formula is C23H32ClN3O4. The fraction of sp³-hybridized carbons (Fsp3) is 0.391. The molecule has 0 aromatic heterocycles. The third-order valence-corrected chi connectivity index (χ3v) is 4.43. The standard InChI is InChI=1S/C23H31N3O4.ClH/c24-14-7-8-16-26(23(28)30-19-21-12-5-2-6-13-21)17-9-15-25-22(27)29-18-20-10-3-1-4-11-20;/h1-6,10-13H,7-9,14-19,24H2,(H,25,27);1H. The summed E-state index contributed by atoms with van der Waals surface area (Å²) in [6.45, 7) is 2.51. The van der Waals surface area contributed by atoms with Crippen molar-refractivity contribution in [1.82, 2.24) is 10.2 Å². The fourth-order valence-electron chi connectivity index (χ4n) is 2.79. The molecule has 2 amide bonds. The van der Waals surface area contributed by atoms with E-state index in [1.54, 1.807) is 4.90 Å². The van der Waals surface area contributed by atoms with E-state index < -0.39 is 6.09 Å². The first-order valence-corrected chi connectivity index (χ1v) is 10.3. The van der Waals surface area contributed by atoms with Crippen molar-refractivity contribution in [1.29, 1.82) is 0 Å². The summed E-state index contributed by atoms with van der Waals surface area (Å²) < 4.78 is 10.6. The van der Waals surface area contributed by atoms with Crippen molar-refractivity contribution in [3.05, 3.63) is 71.8 Å². The summed E-state index contributed by atoms with van der Waals surface area (Å²) >= 11 is 0. The van der Waals surface area contributed by atoms with Crippen LogP contribution in [0.15, 0.2) is 60.7 Å². The van der Waals surface area contributed by atoms with Crippen LogP contribution in [0.3, 0.4) is 0 Å². The van der Waals surface area contributed by atoms with E-state index in [1.807, 2.05) is 60.7 Å². The van der Waals surface area contributed by atoms with Crippen LogP contribution in [0.4, 0.5) is 9.59 Å². The van der Waals surface area contributed by atoms with Gasteiger partial charge in [-0.3, -0.25) is 0 Å². The first-order valence-electron chi connectivity index (χ1n) is 10.3. The van der Waals surface area contributed by atoms with Gasteiger partial charge >= 0.3 is 12.2 Å². The summed E-state index contributed by atoms with van der Waals surface area (Å²) in [7, 11) is 0. The number of nitrogens with zero attached hydrogens (tertiary/aromatic N) is 1. The lowest BCUT2D eigenvalue weighted by atomic mass is 10.2. The zero-order valence-electron chi connectivity index (χ0n) is 17.7. The van der Waals surface area contributed by atoms with Gasteiger partial charge in [0.15, 0.2) is 0 Å². The van der Waals surface area contributed by atoms with Gasteiger partial charge in [0, 0.05) is 19.6 Å². The molecule has 2 aromatic rings. The summed E-state index contributed by atoms with van der Waals surface area (Å²) in [6.07, 6.45) is 1.42. The van der Waals surface area contributed by atoms with Crippen molar-refractivity contribution in [3.63, 3.8) is 0 Å². The molecule has 0 radical (unpaired) electrons. The Morgan fingerprint density at radius 1 is 0.806 bits per heavy atom. The molecule has 0 aliphatic heterocycles. The second kappa shape index (κ2) is 16.0. The van der Waals surface area contributed by atoms with E-state index in [-0.39, 0.29) is 31.7 Å². The van der Waals surface area contributed by atoms with Crippen LogP contribution >= 0.6 is 12.4 Å². The van der Waals surface area contributed by atoms with Gasteiger partial charge < -0.3 is 25.4 Å². The minimum atomic E-state index is -0.472. The lowest BCUT2D eigenvalue weighted by Crippen LogP contribution is -2.35. The number of carbonyl (C=O) groups excluding carboxylic acids is 2. The minimum absolute atomic E-state index is 0. The van der Waals surface area contributed by atoms with Crippen molar-refractivity contribution in [2.75, 3.05) is 26.2 Å². The first kappa shape index (κ1) is 26.3. The van der Waals surface area contributed by atoms with Crippen molar-refractivity contribution in [3.8, 4) is 0 Å². The monoisotopic (exact) mass is 449 g/mol. The number of rotatable bonds is 12. The molecule has 31 heavy (non-hydrogen) atoms. The van der Waals surface area contributed by atoms with Crippen LogP contribution in [0.25, 0.3) is 0 Å². The fourth-order valence-corrected chi connectivity index (χ4v) is 2.79. The normalized spacial score (nSPS) is 9.97. The van der Waals surface area contributed by atoms with E-state index in [1.165, 1.54) is 0 Å². The van der Waals surface area contributed by atoms with E-state index in [4.69, 9.17) is 15.2 Å². The van der Waals surface area contributed by atoms with Gasteiger partial charge in [-0.15, -0.1) is 12.4 Å². The Bertz CT molecular complexity index is 747. The third kappa shape index (κ3) is 11.3. The molecule has 0 aliphatic carbocycles. The highest BCUT2D eigenvalue weighted by Gasteiger charge is 2.14. The molecule has 0 heterocycles. The number of carbonyl (C=O) groups is 2. The summed E-state index contributed by atoms with van der Waals surface area (Å²) in [4.78, 5) is 25.9. The molecule has 170 valence electrons. The average Bonchev–Trinajstić information content (AvgIpc) is 2.79. The predicted octanol–water partition coefficient (Wildman–Crippen LogP) is 4.10. The quantitative estimate of drug-likeness (QED) is 0.476. The van der Waals surface area contributed by atoms with Gasteiger partial charge in [-0.1, -0.05) is 60.7 Å². The Labute approximate surface area is 190 Å². The molecule has 0 saturated carbocycles. The number of unbranched alkanes of at least 4 members (excludes halogenated alkanes) is 1. The Balaban J connectivity index is 0.00000480. The van der Waals surface area contributed by atoms with E-state index in [9.17, 15) is 9.59 Å². The highest BCUT2D eigenvalue weighted by Crippen LogP contribution is 2.06. The van der Waals surface area contributed by atoms with E-state index >= 15 is 0 Å². The number of hydrogen-bond donors (Lipinski definition) is 2. The maximum Gasteiger partial charge on any atom is 0.410 e. The highest BCUT2D eigenvalue weighted by molar-refractivity contribution is 5.85. The van der Waals surface area contributed by atoms with Gasteiger partial charge in [0.2, 0.25) is 0 Å². The van der Waals surface area contributed by atoms with Crippen LogP contribution in [-0.2, 0) is 22.7 Å². The largest absolute Gasteiger partial charge is 0.445 e. The number of amides is 2. The van der Waals surface area contributed by atoms with Gasteiger partial charge in [0.05, 0.1) is 0 Å². The molecule has 0 fully saturated rings. The lowest BCUT2D eigenvalue weighted by Gasteiger charge is -2.22. The van der Waals surface area contributed by atoms with Gasteiger partial charge in [0.1, 0.15) is 13.2 Å². The van der Waals surface area contributed by atoms with Crippen LogP contribution in [0, 0.1) is 0 Å². The molecule has 7 nitrogen and oxygen atoms in total. The van der Waals surface area contributed by atoms with Crippen LogP contribution in [0.2, 0.25) is 0 Å². The van der Waals surface area contributed by atoms with E-state index in [0.717, 1.165) is 24.0 Å². The van der Waals surface area contributed by atoms with Gasteiger partial charge in [-0.2, -0.15) is 0 Å². The number of halogens is 1. The molecular weight excluding hydrogens is 418 g/mol. The highest BCUT2D eigenvalue weighted by atomic mass is 35.5. The molecule has 0 unspecified atom stereocenters. The maximum atomic E-state index is 12.5. The van der Waals surface area contributed by atoms with Gasteiger partial charge in [-0.25, -0.2) is 9.59 Å². The van der Waals surface area contributed by atoms with Crippen molar-refractivity contribution < 1.29 is 19.1 Å². The van der Waals surface area contributed by atoms with Gasteiger partial charge in [0.25, 0.3) is 0 Å². The van der Waals surface area contributed by atoms with Crippen LogP contribution in [0.5, 0.6) is 0 Å². The zero-order chi connectivity index (χ0) is 21.4. The van der Waals surface area contributed by atoms with Crippen molar-refractivity contribution in [2.45, 2.75) is 32.5 Å². The molecule has 0 aliphatic rings. The molecule has 0 saturated heterocycles.